The third kappa shape index (κ3) is 3.32. The fourth-order valence-corrected chi connectivity index (χ4v) is 3.03. The van der Waals surface area contributed by atoms with Crippen LogP contribution in [0.15, 0.2) is 54.2 Å². The number of hydrogen-bond donors (Lipinski definition) is 1. The van der Waals surface area contributed by atoms with E-state index in [9.17, 15) is 19.7 Å². The summed E-state index contributed by atoms with van der Waals surface area (Å²) in [6.45, 7) is 3.49. The molecule has 28 heavy (non-hydrogen) atoms. The van der Waals surface area contributed by atoms with Crippen LogP contribution < -0.4 is 10.1 Å². The zero-order chi connectivity index (χ0) is 20.4. The van der Waals surface area contributed by atoms with Crippen molar-refractivity contribution < 1.29 is 19.2 Å². The highest BCUT2D eigenvalue weighted by atomic mass is 16.6. The molecule has 3 rings (SSSR count). The molecule has 2 amide bonds. The lowest BCUT2D eigenvalue weighted by molar-refractivity contribution is -0.384. The maximum absolute atomic E-state index is 13.0. The lowest BCUT2D eigenvalue weighted by atomic mass is 10.0. The van der Waals surface area contributed by atoms with Crippen LogP contribution in [-0.4, -0.2) is 34.8 Å². The van der Waals surface area contributed by atoms with Gasteiger partial charge >= 0.3 is 0 Å². The van der Waals surface area contributed by atoms with E-state index in [0.29, 0.717) is 17.0 Å². The molecule has 0 bridgehead atoms. The average Bonchev–Trinajstić information content (AvgIpc) is 2.92. The van der Waals surface area contributed by atoms with E-state index in [-0.39, 0.29) is 23.0 Å². The molecule has 8 heteroatoms. The summed E-state index contributed by atoms with van der Waals surface area (Å²) in [5, 5.41) is 13.9. The van der Waals surface area contributed by atoms with Crippen molar-refractivity contribution in [1.29, 1.82) is 0 Å². The van der Waals surface area contributed by atoms with E-state index in [4.69, 9.17) is 4.74 Å². The van der Waals surface area contributed by atoms with Gasteiger partial charge in [-0.15, -0.1) is 0 Å². The minimum atomic E-state index is -0.520. The van der Waals surface area contributed by atoms with E-state index in [1.165, 1.54) is 31.4 Å². The number of amides is 2. The number of nitro groups is 1. The highest BCUT2D eigenvalue weighted by Crippen LogP contribution is 2.34. The SMILES string of the molecule is COc1ccccc1NC1=C(c2ccc([N+](=O)[O-])cc2)C(=O)N(C(C)C)C1=O. The normalized spacial score (nSPS) is 14.1. The number of nitrogens with zero attached hydrogens (tertiary/aromatic N) is 2. The first kappa shape index (κ1) is 19.1. The number of carbonyl (C=O) groups is 2. The molecule has 1 N–H and O–H groups in total. The first-order chi connectivity index (χ1) is 13.3. The molecule has 144 valence electrons. The van der Waals surface area contributed by atoms with Crippen LogP contribution in [0.25, 0.3) is 5.57 Å². The van der Waals surface area contributed by atoms with Crippen LogP contribution in [0.4, 0.5) is 11.4 Å². The van der Waals surface area contributed by atoms with Gasteiger partial charge in [-0.25, -0.2) is 0 Å². The number of rotatable bonds is 6. The molecule has 0 unspecified atom stereocenters. The maximum atomic E-state index is 13.0. The van der Waals surface area contributed by atoms with Crippen molar-refractivity contribution in [1.82, 2.24) is 4.90 Å². The average molecular weight is 381 g/mol. The highest BCUT2D eigenvalue weighted by Gasteiger charge is 2.40. The Bertz CT molecular complexity index is 980. The lowest BCUT2D eigenvalue weighted by Crippen LogP contribution is -2.38. The van der Waals surface area contributed by atoms with Gasteiger partial charge in [0.2, 0.25) is 0 Å². The number of non-ortho nitro benzene ring substituents is 1. The van der Waals surface area contributed by atoms with Crippen molar-refractivity contribution in [2.24, 2.45) is 0 Å². The van der Waals surface area contributed by atoms with Crippen molar-refractivity contribution in [3.05, 3.63) is 69.9 Å². The van der Waals surface area contributed by atoms with Crippen molar-refractivity contribution >= 4 is 28.8 Å². The maximum Gasteiger partial charge on any atom is 0.278 e. The Hall–Kier alpha value is -3.68. The molecule has 2 aromatic carbocycles. The van der Waals surface area contributed by atoms with Crippen LogP contribution in [0.2, 0.25) is 0 Å². The van der Waals surface area contributed by atoms with Gasteiger partial charge in [-0.05, 0) is 43.7 Å². The van der Waals surface area contributed by atoms with E-state index in [2.05, 4.69) is 5.32 Å². The molecule has 0 saturated carbocycles. The molecule has 8 nitrogen and oxygen atoms in total. The second kappa shape index (κ2) is 7.51. The molecule has 2 aromatic rings. The summed E-state index contributed by atoms with van der Waals surface area (Å²) >= 11 is 0. The van der Waals surface area contributed by atoms with E-state index in [0.717, 1.165) is 4.90 Å². The fourth-order valence-electron chi connectivity index (χ4n) is 3.03. The number of benzene rings is 2. The predicted octanol–water partition coefficient (Wildman–Crippen LogP) is 3.20. The Morgan fingerprint density at radius 3 is 2.25 bits per heavy atom. The summed E-state index contributed by atoms with van der Waals surface area (Å²) < 4.78 is 5.31. The van der Waals surface area contributed by atoms with Crippen LogP contribution in [0.5, 0.6) is 5.75 Å². The zero-order valence-electron chi connectivity index (χ0n) is 15.6. The standard InChI is InChI=1S/C20H19N3O5/c1-12(2)22-19(24)17(13-8-10-14(11-9-13)23(26)27)18(20(22)25)21-15-6-4-5-7-16(15)28-3/h4-12,21H,1-3H3. The van der Waals surface area contributed by atoms with Gasteiger partial charge < -0.3 is 10.1 Å². The molecule has 1 aliphatic rings. The second-order valence-electron chi connectivity index (χ2n) is 6.45. The molecule has 0 atom stereocenters. The molecule has 1 heterocycles. The van der Waals surface area contributed by atoms with Gasteiger partial charge in [0.1, 0.15) is 11.4 Å². The Morgan fingerprint density at radius 1 is 1.04 bits per heavy atom. The Kier molecular flexibility index (Phi) is 5.12. The molecule has 0 saturated heterocycles. The Balaban J connectivity index is 2.12. The summed E-state index contributed by atoms with van der Waals surface area (Å²) in [6, 6.07) is 12.2. The Morgan fingerprint density at radius 2 is 1.68 bits per heavy atom. The lowest BCUT2D eigenvalue weighted by Gasteiger charge is -2.19. The first-order valence-corrected chi connectivity index (χ1v) is 8.62. The number of nitro benzene ring substituents is 1. The summed E-state index contributed by atoms with van der Waals surface area (Å²) in [6.07, 6.45) is 0. The van der Waals surface area contributed by atoms with Crippen LogP contribution in [-0.2, 0) is 9.59 Å². The molecule has 1 aliphatic heterocycles. The molecule has 0 aromatic heterocycles. The van der Waals surface area contributed by atoms with Crippen LogP contribution in [0.1, 0.15) is 19.4 Å². The Labute approximate surface area is 161 Å². The highest BCUT2D eigenvalue weighted by molar-refractivity contribution is 6.36. The fraction of sp³-hybridized carbons (Fsp3) is 0.200. The predicted molar refractivity (Wildman–Crippen MR) is 104 cm³/mol. The number of imide groups is 1. The van der Waals surface area contributed by atoms with Gasteiger partial charge in [0.25, 0.3) is 17.5 Å². The van der Waals surface area contributed by atoms with Crippen LogP contribution in [0, 0.1) is 10.1 Å². The van der Waals surface area contributed by atoms with Gasteiger partial charge in [-0.3, -0.25) is 24.6 Å². The monoisotopic (exact) mass is 381 g/mol. The molecule has 0 fully saturated rings. The first-order valence-electron chi connectivity index (χ1n) is 8.62. The topological polar surface area (TPSA) is 102 Å². The number of para-hydroxylation sites is 2. The smallest absolute Gasteiger partial charge is 0.278 e. The number of carbonyl (C=O) groups excluding carboxylic acids is 2. The second-order valence-corrected chi connectivity index (χ2v) is 6.45. The summed E-state index contributed by atoms with van der Waals surface area (Å²) in [7, 11) is 1.51. The molecular weight excluding hydrogens is 362 g/mol. The molecular formula is C20H19N3O5. The van der Waals surface area contributed by atoms with Gasteiger partial charge in [0.05, 0.1) is 23.3 Å². The van der Waals surface area contributed by atoms with Crippen molar-refractivity contribution in [3.63, 3.8) is 0 Å². The van der Waals surface area contributed by atoms with E-state index in [1.807, 2.05) is 0 Å². The van der Waals surface area contributed by atoms with Gasteiger partial charge in [-0.2, -0.15) is 0 Å². The van der Waals surface area contributed by atoms with Gasteiger partial charge in [0, 0.05) is 18.2 Å². The van der Waals surface area contributed by atoms with Crippen molar-refractivity contribution in [3.8, 4) is 5.75 Å². The molecule has 0 spiro atoms. The quantitative estimate of drug-likeness (QED) is 0.468. The number of anilines is 1. The summed E-state index contributed by atoms with van der Waals surface area (Å²) in [4.78, 5) is 37.5. The summed E-state index contributed by atoms with van der Waals surface area (Å²) in [5.74, 6) is -0.396. The van der Waals surface area contributed by atoms with Crippen molar-refractivity contribution in [2.45, 2.75) is 19.9 Å². The summed E-state index contributed by atoms with van der Waals surface area (Å²) in [5.41, 5.74) is 1.13. The minimum Gasteiger partial charge on any atom is -0.495 e. The van der Waals surface area contributed by atoms with Crippen LogP contribution >= 0.6 is 0 Å². The number of methoxy groups -OCH3 is 1. The van der Waals surface area contributed by atoms with E-state index >= 15 is 0 Å². The third-order valence-corrected chi connectivity index (χ3v) is 4.37. The number of ether oxygens (including phenoxy) is 1. The number of nitrogens with one attached hydrogen (secondary N) is 1. The van der Waals surface area contributed by atoms with Gasteiger partial charge in [-0.1, -0.05) is 12.1 Å². The minimum absolute atomic E-state index is 0.0962. The largest absolute Gasteiger partial charge is 0.495 e. The number of hydrogen-bond acceptors (Lipinski definition) is 6. The molecule has 0 radical (unpaired) electrons. The van der Waals surface area contributed by atoms with Crippen LogP contribution in [0.3, 0.4) is 0 Å². The zero-order valence-corrected chi connectivity index (χ0v) is 15.6. The van der Waals surface area contributed by atoms with E-state index in [1.54, 1.807) is 38.1 Å². The van der Waals surface area contributed by atoms with Gasteiger partial charge in [0.15, 0.2) is 0 Å². The van der Waals surface area contributed by atoms with E-state index < -0.39 is 16.7 Å². The van der Waals surface area contributed by atoms with Crippen molar-refractivity contribution in [2.75, 3.05) is 12.4 Å². The third-order valence-electron chi connectivity index (χ3n) is 4.37. The molecule has 0 aliphatic carbocycles.